The molecule has 0 atom stereocenters. The molecule has 1 rings (SSSR count). The van der Waals surface area contributed by atoms with Gasteiger partial charge in [-0.3, -0.25) is 0 Å². The van der Waals surface area contributed by atoms with Crippen LogP contribution in [0.5, 0.6) is 5.75 Å². The summed E-state index contributed by atoms with van der Waals surface area (Å²) in [6.45, 7) is 0. The van der Waals surface area contributed by atoms with Gasteiger partial charge >= 0.3 is 0 Å². The van der Waals surface area contributed by atoms with Crippen LogP contribution >= 0.6 is 0 Å². The van der Waals surface area contributed by atoms with Gasteiger partial charge in [0.25, 0.3) is 0 Å². The quantitative estimate of drug-likeness (QED) is 0.495. The normalized spacial score (nSPS) is 8.71. The molecule has 0 aromatic carbocycles. The molecular formula is C4H6N2O. The fourth-order valence-electron chi connectivity index (χ4n) is 0.382. The highest BCUT2D eigenvalue weighted by molar-refractivity contribution is 5.14. The third kappa shape index (κ3) is 0.721. The Bertz CT molecular complexity index is 124. The van der Waals surface area contributed by atoms with Gasteiger partial charge in [0, 0.05) is 18.5 Å². The van der Waals surface area contributed by atoms with E-state index in [4.69, 9.17) is 5.90 Å². The molecule has 0 aliphatic rings. The summed E-state index contributed by atoms with van der Waals surface area (Å²) in [6, 6.07) is 1.74. The second-order valence-electron chi connectivity index (χ2n) is 1.16. The van der Waals surface area contributed by atoms with Gasteiger partial charge in [0.2, 0.25) is 0 Å². The van der Waals surface area contributed by atoms with Crippen molar-refractivity contribution >= 4 is 0 Å². The van der Waals surface area contributed by atoms with E-state index < -0.39 is 0 Å². The summed E-state index contributed by atoms with van der Waals surface area (Å²) in [4.78, 5) is 7.10. The Morgan fingerprint density at radius 1 is 1.71 bits per heavy atom. The first kappa shape index (κ1) is 4.21. The molecule has 0 saturated heterocycles. The first-order chi connectivity index (χ1) is 3.43. The van der Waals surface area contributed by atoms with Crippen molar-refractivity contribution in [1.82, 2.24) is 4.98 Å². The van der Waals surface area contributed by atoms with E-state index in [1.807, 2.05) is 0 Å². The summed E-state index contributed by atoms with van der Waals surface area (Å²) in [7, 11) is 0. The van der Waals surface area contributed by atoms with E-state index in [2.05, 4.69) is 9.82 Å². The van der Waals surface area contributed by atoms with Crippen LogP contribution in [0.3, 0.4) is 0 Å². The van der Waals surface area contributed by atoms with Gasteiger partial charge in [-0.1, -0.05) is 0 Å². The first-order valence-corrected chi connectivity index (χ1v) is 1.93. The molecule has 3 heteroatoms. The van der Waals surface area contributed by atoms with Crippen molar-refractivity contribution in [2.45, 2.75) is 0 Å². The standard InChI is InChI=1S/C4H6N2O/c5-7-4-1-2-6-3-4/h1-3,6H,5H2. The molecule has 3 N–H and O–H groups in total. The molecule has 0 aliphatic carbocycles. The Hall–Kier alpha value is -0.960. The minimum Gasteiger partial charge on any atom is -0.410 e. The monoisotopic (exact) mass is 98.0 g/mol. The van der Waals surface area contributed by atoms with E-state index in [0.717, 1.165) is 0 Å². The molecule has 0 fully saturated rings. The molecule has 38 valence electrons. The van der Waals surface area contributed by atoms with E-state index in [-0.39, 0.29) is 0 Å². The second kappa shape index (κ2) is 1.66. The number of hydrogen-bond acceptors (Lipinski definition) is 2. The molecule has 0 radical (unpaired) electrons. The van der Waals surface area contributed by atoms with E-state index in [9.17, 15) is 0 Å². The Labute approximate surface area is 41.0 Å². The molecule has 0 aliphatic heterocycles. The summed E-state index contributed by atoms with van der Waals surface area (Å²) in [5, 5.41) is 0. The van der Waals surface area contributed by atoms with Gasteiger partial charge in [0.1, 0.15) is 0 Å². The Morgan fingerprint density at radius 3 is 2.86 bits per heavy atom. The van der Waals surface area contributed by atoms with Crippen molar-refractivity contribution in [2.24, 2.45) is 5.90 Å². The van der Waals surface area contributed by atoms with Crippen LogP contribution in [-0.4, -0.2) is 4.98 Å². The number of nitrogens with two attached hydrogens (primary N) is 1. The van der Waals surface area contributed by atoms with Gasteiger partial charge in [-0.05, 0) is 0 Å². The molecule has 7 heavy (non-hydrogen) atoms. The van der Waals surface area contributed by atoms with E-state index in [1.54, 1.807) is 18.5 Å². The number of H-pyrrole nitrogens is 1. The van der Waals surface area contributed by atoms with Crippen LogP contribution in [0.4, 0.5) is 0 Å². The highest BCUT2D eigenvalue weighted by Crippen LogP contribution is 2.02. The average molecular weight is 98.1 g/mol. The highest BCUT2D eigenvalue weighted by atomic mass is 16.6. The van der Waals surface area contributed by atoms with Crippen LogP contribution in [0.1, 0.15) is 0 Å². The highest BCUT2D eigenvalue weighted by Gasteiger charge is 1.83. The topological polar surface area (TPSA) is 51.0 Å². The molecule has 1 heterocycles. The lowest BCUT2D eigenvalue weighted by atomic mass is 10.6. The molecule has 1 aromatic heterocycles. The minimum absolute atomic E-state index is 0.653. The van der Waals surface area contributed by atoms with Gasteiger partial charge in [0.15, 0.2) is 5.75 Å². The lowest BCUT2D eigenvalue weighted by Gasteiger charge is -1.85. The van der Waals surface area contributed by atoms with Gasteiger partial charge in [-0.2, -0.15) is 5.90 Å². The minimum atomic E-state index is 0.653. The van der Waals surface area contributed by atoms with Crippen LogP contribution < -0.4 is 10.7 Å². The number of nitrogens with one attached hydrogen (secondary N) is 1. The SMILES string of the molecule is NOc1cc[nH]c1. The fraction of sp³-hybridized carbons (Fsp3) is 0. The molecule has 3 nitrogen and oxygen atoms in total. The van der Waals surface area contributed by atoms with Crippen LogP contribution in [0.2, 0.25) is 0 Å². The van der Waals surface area contributed by atoms with Crippen LogP contribution in [0.15, 0.2) is 18.5 Å². The van der Waals surface area contributed by atoms with Crippen molar-refractivity contribution in [2.75, 3.05) is 0 Å². The summed E-state index contributed by atoms with van der Waals surface area (Å²) < 4.78 is 0. The number of rotatable bonds is 1. The summed E-state index contributed by atoms with van der Waals surface area (Å²) in [6.07, 6.45) is 3.40. The second-order valence-corrected chi connectivity index (χ2v) is 1.16. The maximum Gasteiger partial charge on any atom is 0.164 e. The van der Waals surface area contributed by atoms with Crippen LogP contribution in [0.25, 0.3) is 0 Å². The van der Waals surface area contributed by atoms with Crippen LogP contribution in [-0.2, 0) is 0 Å². The molecule has 0 saturated carbocycles. The summed E-state index contributed by atoms with van der Waals surface area (Å²) in [5.41, 5.74) is 0. The van der Waals surface area contributed by atoms with Crippen molar-refractivity contribution in [1.29, 1.82) is 0 Å². The number of aromatic amines is 1. The molecule has 1 aromatic rings. The summed E-state index contributed by atoms with van der Waals surface area (Å²) in [5.74, 6) is 5.43. The molecular weight excluding hydrogens is 92.1 g/mol. The Kier molecular flexibility index (Phi) is 0.997. The van der Waals surface area contributed by atoms with Crippen molar-refractivity contribution < 1.29 is 4.84 Å². The van der Waals surface area contributed by atoms with Gasteiger partial charge in [-0.15, -0.1) is 0 Å². The van der Waals surface area contributed by atoms with Gasteiger partial charge in [-0.25, -0.2) is 0 Å². The zero-order chi connectivity index (χ0) is 5.11. The molecule has 0 unspecified atom stereocenters. The lowest BCUT2D eigenvalue weighted by Crippen LogP contribution is -1.99. The Balaban J connectivity index is 2.76. The predicted octanol–water partition coefficient (Wildman–Crippen LogP) is 0.267. The first-order valence-electron chi connectivity index (χ1n) is 1.93. The Morgan fingerprint density at radius 2 is 2.57 bits per heavy atom. The maximum absolute atomic E-state index is 4.77. The zero-order valence-corrected chi connectivity index (χ0v) is 3.72. The molecule has 0 spiro atoms. The molecule has 0 bridgehead atoms. The van der Waals surface area contributed by atoms with E-state index in [1.165, 1.54) is 0 Å². The van der Waals surface area contributed by atoms with E-state index in [0.29, 0.717) is 5.75 Å². The maximum atomic E-state index is 4.77. The lowest BCUT2D eigenvalue weighted by molar-refractivity contribution is 0.335. The van der Waals surface area contributed by atoms with Gasteiger partial charge < -0.3 is 9.82 Å². The average Bonchev–Trinajstić information content (AvgIpc) is 2.14. The third-order valence-electron chi connectivity index (χ3n) is 0.705. The largest absolute Gasteiger partial charge is 0.410 e. The van der Waals surface area contributed by atoms with Gasteiger partial charge in [0.05, 0.1) is 0 Å². The van der Waals surface area contributed by atoms with Crippen molar-refractivity contribution in [3.05, 3.63) is 18.5 Å². The van der Waals surface area contributed by atoms with E-state index >= 15 is 0 Å². The smallest absolute Gasteiger partial charge is 0.164 e. The zero-order valence-electron chi connectivity index (χ0n) is 3.72. The van der Waals surface area contributed by atoms with Crippen molar-refractivity contribution in [3.63, 3.8) is 0 Å². The number of hydrogen-bond donors (Lipinski definition) is 2. The summed E-state index contributed by atoms with van der Waals surface area (Å²) >= 11 is 0. The predicted molar refractivity (Wildman–Crippen MR) is 25.6 cm³/mol. The number of aromatic nitrogens is 1. The fourth-order valence-corrected chi connectivity index (χ4v) is 0.382. The van der Waals surface area contributed by atoms with Crippen molar-refractivity contribution in [3.8, 4) is 5.75 Å². The molecule has 0 amide bonds. The third-order valence-corrected chi connectivity index (χ3v) is 0.705. The van der Waals surface area contributed by atoms with Crippen LogP contribution in [0, 0.1) is 0 Å².